The molecule has 1 atom stereocenters. The number of nitrogens with zero attached hydrogens (tertiary/aromatic N) is 2. The highest BCUT2D eigenvalue weighted by atomic mass is 19.1. The van der Waals surface area contributed by atoms with Crippen molar-refractivity contribution < 1.29 is 18.4 Å². The van der Waals surface area contributed by atoms with Gasteiger partial charge in [-0.3, -0.25) is 14.6 Å². The normalized spacial score (nSPS) is 12.2. The highest BCUT2D eigenvalue weighted by Crippen LogP contribution is 2.28. The number of hydrogen-bond acceptors (Lipinski definition) is 4. The fraction of sp³-hybridized carbons (Fsp3) is 0.161. The van der Waals surface area contributed by atoms with Gasteiger partial charge in [0, 0.05) is 34.6 Å². The van der Waals surface area contributed by atoms with E-state index in [0.717, 1.165) is 30.2 Å². The lowest BCUT2D eigenvalue weighted by molar-refractivity contribution is -0.125. The number of H-pyrrole nitrogens is 1. The minimum absolute atomic E-state index is 0.229. The molecule has 0 fully saturated rings. The first-order valence-corrected chi connectivity index (χ1v) is 12.7. The molecule has 7 nitrogen and oxygen atoms in total. The number of hydrogen-bond donors (Lipinski definition) is 3. The van der Waals surface area contributed by atoms with Gasteiger partial charge in [-0.05, 0) is 68.1 Å². The van der Waals surface area contributed by atoms with Gasteiger partial charge < -0.3 is 15.6 Å². The molecule has 0 unspecified atom stereocenters. The number of pyridine rings is 1. The first kappa shape index (κ1) is 26.7. The van der Waals surface area contributed by atoms with Crippen molar-refractivity contribution in [3.63, 3.8) is 0 Å². The Hall–Kier alpha value is -4.92. The van der Waals surface area contributed by atoms with Gasteiger partial charge >= 0.3 is 0 Å². The Morgan fingerprint density at radius 2 is 1.68 bits per heavy atom. The lowest BCUT2D eigenvalue weighted by Gasteiger charge is -2.17. The van der Waals surface area contributed by atoms with Crippen LogP contribution in [0.4, 0.5) is 14.5 Å². The van der Waals surface area contributed by atoms with E-state index in [9.17, 15) is 18.4 Å². The van der Waals surface area contributed by atoms with Gasteiger partial charge in [0.15, 0.2) is 11.5 Å². The van der Waals surface area contributed by atoms with Crippen LogP contribution in [0.2, 0.25) is 0 Å². The van der Waals surface area contributed by atoms with Crippen LogP contribution >= 0.6 is 0 Å². The van der Waals surface area contributed by atoms with Crippen molar-refractivity contribution >= 4 is 28.3 Å². The van der Waals surface area contributed by atoms with E-state index >= 15 is 0 Å². The lowest BCUT2D eigenvalue weighted by atomic mass is 10.0. The third kappa shape index (κ3) is 5.88. The number of halogens is 2. The Morgan fingerprint density at radius 3 is 2.40 bits per heavy atom. The number of alkyl halides is 1. The summed E-state index contributed by atoms with van der Waals surface area (Å²) in [6, 6.07) is 19.9. The van der Waals surface area contributed by atoms with E-state index in [4.69, 9.17) is 0 Å². The van der Waals surface area contributed by atoms with E-state index in [1.807, 2.05) is 30.3 Å². The second kappa shape index (κ2) is 10.7. The van der Waals surface area contributed by atoms with Crippen molar-refractivity contribution in [3.05, 3.63) is 102 Å². The van der Waals surface area contributed by atoms with E-state index in [1.165, 1.54) is 18.2 Å². The first-order valence-electron chi connectivity index (χ1n) is 12.7. The summed E-state index contributed by atoms with van der Waals surface area (Å²) < 4.78 is 27.6. The number of aromatic nitrogens is 3. The zero-order valence-corrected chi connectivity index (χ0v) is 22.1. The number of rotatable bonds is 7. The summed E-state index contributed by atoms with van der Waals surface area (Å²) in [4.78, 5) is 38.0. The molecule has 0 bridgehead atoms. The van der Waals surface area contributed by atoms with Crippen molar-refractivity contribution in [2.75, 3.05) is 5.32 Å². The molecule has 0 spiro atoms. The minimum atomic E-state index is -2.13. The molecule has 2 amide bonds. The molecule has 202 valence electrons. The minimum Gasteiger partial charge on any atom is -0.346 e. The maximum atomic E-state index is 14.3. The van der Waals surface area contributed by atoms with E-state index in [-0.39, 0.29) is 17.1 Å². The van der Waals surface area contributed by atoms with Gasteiger partial charge in [0.05, 0.1) is 11.7 Å². The predicted molar refractivity (Wildman–Crippen MR) is 151 cm³/mol. The van der Waals surface area contributed by atoms with E-state index < -0.39 is 23.5 Å². The third-order valence-electron chi connectivity index (χ3n) is 6.46. The van der Waals surface area contributed by atoms with Crippen LogP contribution in [0.15, 0.2) is 85.2 Å². The summed E-state index contributed by atoms with van der Waals surface area (Å²) in [7, 11) is 0. The molecule has 0 saturated heterocycles. The van der Waals surface area contributed by atoms with Crippen LogP contribution in [0.3, 0.4) is 0 Å². The summed E-state index contributed by atoms with van der Waals surface area (Å²) in [6.45, 7) is 4.08. The van der Waals surface area contributed by atoms with Gasteiger partial charge in [0.2, 0.25) is 0 Å². The summed E-state index contributed by atoms with van der Waals surface area (Å²) >= 11 is 0. The molecule has 9 heteroatoms. The Kier molecular flexibility index (Phi) is 7.13. The van der Waals surface area contributed by atoms with Crippen molar-refractivity contribution in [2.24, 2.45) is 0 Å². The molecule has 0 aliphatic carbocycles. The number of nitrogens with one attached hydrogen (secondary N) is 3. The molecular formula is C31H27F2N5O2. The zero-order chi connectivity index (χ0) is 28.4. The van der Waals surface area contributed by atoms with Crippen LogP contribution in [-0.2, 0) is 4.79 Å². The number of carbonyl (C=O) groups excluding carboxylic acids is 2. The second-order valence-electron chi connectivity index (χ2n) is 10.0. The van der Waals surface area contributed by atoms with E-state index in [2.05, 4.69) is 25.6 Å². The van der Waals surface area contributed by atoms with Gasteiger partial charge in [-0.1, -0.05) is 36.4 Å². The summed E-state index contributed by atoms with van der Waals surface area (Å²) in [5.74, 6) is -1.13. The van der Waals surface area contributed by atoms with Crippen LogP contribution in [0.1, 0.15) is 42.7 Å². The molecule has 0 aliphatic rings. The van der Waals surface area contributed by atoms with Crippen molar-refractivity contribution in [3.8, 4) is 22.8 Å². The maximum Gasteiger partial charge on any atom is 0.261 e. The Morgan fingerprint density at radius 1 is 0.950 bits per heavy atom. The van der Waals surface area contributed by atoms with Crippen molar-refractivity contribution in [1.29, 1.82) is 0 Å². The molecule has 3 aromatic carbocycles. The number of carbonyl (C=O) groups is 2. The quantitative estimate of drug-likeness (QED) is 0.217. The number of benzene rings is 3. The molecule has 0 radical (unpaired) electrons. The molecule has 5 aromatic rings. The molecule has 5 rings (SSSR count). The maximum absolute atomic E-state index is 14.3. The van der Waals surface area contributed by atoms with E-state index in [1.54, 1.807) is 43.6 Å². The summed E-state index contributed by atoms with van der Waals surface area (Å²) in [6.07, 6.45) is 3.45. The van der Waals surface area contributed by atoms with Gasteiger partial charge in [-0.15, -0.1) is 0 Å². The van der Waals surface area contributed by atoms with Crippen LogP contribution < -0.4 is 10.6 Å². The lowest BCUT2D eigenvalue weighted by Crippen LogP contribution is -2.32. The largest absolute Gasteiger partial charge is 0.346 e. The molecule has 0 aliphatic heterocycles. The Bertz CT molecular complexity index is 1710. The van der Waals surface area contributed by atoms with Gasteiger partial charge in [-0.25, -0.2) is 13.8 Å². The van der Waals surface area contributed by atoms with Gasteiger partial charge in [0.1, 0.15) is 11.5 Å². The summed E-state index contributed by atoms with van der Waals surface area (Å²) in [5, 5.41) is 7.45. The zero-order valence-electron chi connectivity index (χ0n) is 22.1. The van der Waals surface area contributed by atoms with Crippen LogP contribution in [-0.4, -0.2) is 32.4 Å². The average Bonchev–Trinajstić information content (AvgIpc) is 3.43. The molecule has 3 N–H and O–H groups in total. The highest BCUT2D eigenvalue weighted by Gasteiger charge is 2.27. The smallest absolute Gasteiger partial charge is 0.261 e. The number of fused-ring (bicyclic) bond motifs is 1. The first-order chi connectivity index (χ1) is 19.1. The monoisotopic (exact) mass is 539 g/mol. The molecule has 2 aromatic heterocycles. The molecule has 2 heterocycles. The average molecular weight is 540 g/mol. The number of amides is 2. The predicted octanol–water partition coefficient (Wildman–Crippen LogP) is 6.61. The molecular weight excluding hydrogens is 512 g/mol. The molecule has 40 heavy (non-hydrogen) atoms. The fourth-order valence-electron chi connectivity index (χ4n) is 4.19. The van der Waals surface area contributed by atoms with Crippen molar-refractivity contribution in [1.82, 2.24) is 20.3 Å². The Labute approximate surface area is 229 Å². The SMILES string of the molecule is C[C@@H](NC(=O)c1cc(NC(=O)C(C)(C)F)cc(-c2c[nH]c(-c3cc4ccccc4cn3)n2)c1)c1ccc(F)cc1. The van der Waals surface area contributed by atoms with Crippen LogP contribution in [0.5, 0.6) is 0 Å². The van der Waals surface area contributed by atoms with Crippen LogP contribution in [0, 0.1) is 5.82 Å². The topological polar surface area (TPSA) is 99.8 Å². The summed E-state index contributed by atoms with van der Waals surface area (Å²) in [5.41, 5.74) is 0.723. The number of imidazole rings is 1. The molecule has 0 saturated carbocycles. The number of aromatic amines is 1. The fourth-order valence-corrected chi connectivity index (χ4v) is 4.19. The third-order valence-corrected chi connectivity index (χ3v) is 6.46. The van der Waals surface area contributed by atoms with Crippen LogP contribution in [0.25, 0.3) is 33.5 Å². The number of anilines is 1. The highest BCUT2D eigenvalue weighted by molar-refractivity contribution is 6.01. The van der Waals surface area contributed by atoms with Gasteiger partial charge in [-0.2, -0.15) is 0 Å². The second-order valence-corrected chi connectivity index (χ2v) is 10.0. The Balaban J connectivity index is 1.48. The van der Waals surface area contributed by atoms with Gasteiger partial charge in [0.25, 0.3) is 11.8 Å². The standard InChI is InChI=1S/C31H27F2N5O2/c1-18(19-8-10-24(32)11-9-19)36-29(39)23-12-22(13-25(14-23)37-30(40)31(2,3)33)27-17-35-28(38-27)26-15-20-6-4-5-7-21(20)16-34-26/h4-18H,1-3H3,(H,35,38)(H,36,39)(H,37,40)/t18-/m1/s1. The van der Waals surface area contributed by atoms with Crippen molar-refractivity contribution in [2.45, 2.75) is 32.5 Å². The van der Waals surface area contributed by atoms with E-state index in [0.29, 0.717) is 22.8 Å².